The molecule has 26 heavy (non-hydrogen) atoms. The minimum atomic E-state index is -0.827. The van der Waals surface area contributed by atoms with Crippen molar-refractivity contribution in [3.63, 3.8) is 0 Å². The topological polar surface area (TPSA) is 20.2 Å². The molecule has 2 aliphatic rings. The molecule has 4 heterocycles. The Bertz CT molecular complexity index is 709. The highest BCUT2D eigenvalue weighted by atomic mass is 79.9. The Kier molecular flexibility index (Phi) is 5.78. The number of rotatable bonds is 4. The number of aryl methyl sites for hydroxylation is 2. The van der Waals surface area contributed by atoms with Crippen molar-refractivity contribution in [2.75, 3.05) is 14.1 Å². The second kappa shape index (κ2) is 7.32. The van der Waals surface area contributed by atoms with Crippen molar-refractivity contribution in [3.05, 3.63) is 43.8 Å². The molecule has 2 fully saturated rings. The minimum Gasteiger partial charge on any atom is -1.00 e. The summed E-state index contributed by atoms with van der Waals surface area (Å²) in [6.07, 6.45) is 6.12. The first kappa shape index (κ1) is 20.5. The lowest BCUT2D eigenvalue weighted by Gasteiger charge is -2.46. The highest BCUT2D eigenvalue weighted by Gasteiger charge is 2.50. The van der Waals surface area contributed by atoms with Crippen LogP contribution in [0.4, 0.5) is 0 Å². The van der Waals surface area contributed by atoms with Gasteiger partial charge in [-0.15, -0.1) is 0 Å². The Morgan fingerprint density at radius 1 is 0.962 bits per heavy atom. The molecule has 2 nitrogen and oxygen atoms in total. The van der Waals surface area contributed by atoms with E-state index in [0.717, 1.165) is 29.6 Å². The summed E-state index contributed by atoms with van der Waals surface area (Å²) in [5.74, 6) is 0.618. The number of hydrogen-bond acceptors (Lipinski definition) is 3. The van der Waals surface area contributed by atoms with Crippen LogP contribution in [0, 0.1) is 19.8 Å². The zero-order valence-corrected chi connectivity index (χ0v) is 19.4. The molecule has 0 saturated carbocycles. The van der Waals surface area contributed by atoms with Gasteiger partial charge in [0.05, 0.1) is 26.2 Å². The molecule has 2 bridgehead atoms. The molecule has 0 radical (unpaired) electrons. The van der Waals surface area contributed by atoms with E-state index in [1.165, 1.54) is 41.3 Å². The van der Waals surface area contributed by atoms with Gasteiger partial charge in [0.1, 0.15) is 5.60 Å². The van der Waals surface area contributed by atoms with E-state index in [9.17, 15) is 5.11 Å². The summed E-state index contributed by atoms with van der Waals surface area (Å²) >= 11 is 3.42. The molecule has 0 amide bonds. The van der Waals surface area contributed by atoms with Crippen LogP contribution in [0.2, 0.25) is 0 Å². The molecule has 1 N–H and O–H groups in total. The highest BCUT2D eigenvalue weighted by Crippen LogP contribution is 2.48. The molecule has 0 aliphatic carbocycles. The van der Waals surface area contributed by atoms with E-state index in [0.29, 0.717) is 5.92 Å². The summed E-state index contributed by atoms with van der Waals surface area (Å²) in [7, 11) is 4.83. The molecule has 0 unspecified atom stereocenters. The van der Waals surface area contributed by atoms with Crippen molar-refractivity contribution in [1.82, 2.24) is 0 Å². The summed E-state index contributed by atoms with van der Waals surface area (Å²) in [5.41, 5.74) is 3.89. The zero-order valence-electron chi connectivity index (χ0n) is 16.2. The van der Waals surface area contributed by atoms with Crippen LogP contribution in [-0.2, 0) is 5.60 Å². The second-order valence-electron chi connectivity index (χ2n) is 8.85. The van der Waals surface area contributed by atoms with E-state index in [-0.39, 0.29) is 17.0 Å². The molecule has 0 aromatic carbocycles. The summed E-state index contributed by atoms with van der Waals surface area (Å²) in [6.45, 7) is 4.28. The van der Waals surface area contributed by atoms with Gasteiger partial charge < -0.3 is 26.6 Å². The van der Waals surface area contributed by atoms with Gasteiger partial charge in [-0.3, -0.25) is 0 Å². The first-order valence-electron chi connectivity index (χ1n) is 9.44. The van der Waals surface area contributed by atoms with Gasteiger partial charge in [-0.1, -0.05) is 0 Å². The molecule has 4 rings (SSSR count). The number of halogens is 1. The van der Waals surface area contributed by atoms with Gasteiger partial charge in [0, 0.05) is 36.8 Å². The molecule has 2 aromatic rings. The number of quaternary nitrogens is 1. The molecule has 0 spiro atoms. The number of nitrogens with zero attached hydrogens (tertiary/aromatic N) is 1. The molecule has 5 heteroatoms. The summed E-state index contributed by atoms with van der Waals surface area (Å²) in [5, 5.41) is 20.7. The predicted octanol–water partition coefficient (Wildman–Crippen LogP) is 2.07. The average Bonchev–Trinajstić information content (AvgIpc) is 3.18. The molecule has 2 aliphatic heterocycles. The maximum absolute atomic E-state index is 12.0. The third kappa shape index (κ3) is 3.24. The van der Waals surface area contributed by atoms with Crippen LogP contribution in [0.15, 0.2) is 21.5 Å². The van der Waals surface area contributed by atoms with Crippen LogP contribution in [-0.4, -0.2) is 35.8 Å². The number of piperidine rings is 1. The third-order valence-electron chi connectivity index (χ3n) is 7.11. The van der Waals surface area contributed by atoms with Crippen molar-refractivity contribution >= 4 is 22.7 Å². The lowest BCUT2D eigenvalue weighted by Crippen LogP contribution is -3.00. The highest BCUT2D eigenvalue weighted by molar-refractivity contribution is 7.08. The van der Waals surface area contributed by atoms with E-state index >= 15 is 0 Å². The Hall–Kier alpha value is -0.200. The largest absolute Gasteiger partial charge is 1.00 e. The number of fused-ring (bicyclic) bond motifs is 2. The van der Waals surface area contributed by atoms with Gasteiger partial charge in [-0.2, -0.15) is 22.7 Å². The summed E-state index contributed by atoms with van der Waals surface area (Å²) in [6, 6.07) is 1.56. The SMILES string of the molecule is Cc1cscc1C(O)(C[C@H]1C[C@H]2CC[C@@H](C1)[N+]2(C)C)c1cscc1C.[Br-]. The maximum atomic E-state index is 12.0. The Morgan fingerprint density at radius 3 is 1.81 bits per heavy atom. The van der Waals surface area contributed by atoms with Crippen LogP contribution in [0.25, 0.3) is 0 Å². The molecule has 2 aromatic heterocycles. The van der Waals surface area contributed by atoms with E-state index in [2.05, 4.69) is 49.5 Å². The van der Waals surface area contributed by atoms with Crippen molar-refractivity contribution in [1.29, 1.82) is 0 Å². The fourth-order valence-corrected chi connectivity index (χ4v) is 7.34. The molecule has 3 atom stereocenters. The van der Waals surface area contributed by atoms with Crippen LogP contribution >= 0.6 is 22.7 Å². The van der Waals surface area contributed by atoms with Crippen molar-refractivity contribution in [3.8, 4) is 0 Å². The summed E-state index contributed by atoms with van der Waals surface area (Å²) < 4.78 is 1.20. The van der Waals surface area contributed by atoms with Crippen molar-refractivity contribution in [2.24, 2.45) is 5.92 Å². The molecule has 2 saturated heterocycles. The van der Waals surface area contributed by atoms with Crippen LogP contribution in [0.1, 0.15) is 54.4 Å². The summed E-state index contributed by atoms with van der Waals surface area (Å²) in [4.78, 5) is 0. The van der Waals surface area contributed by atoms with E-state index < -0.39 is 5.60 Å². The number of thiophene rings is 2. The minimum absolute atomic E-state index is 0. The fourth-order valence-electron chi connectivity index (χ4n) is 5.51. The van der Waals surface area contributed by atoms with E-state index in [4.69, 9.17) is 0 Å². The first-order valence-corrected chi connectivity index (χ1v) is 11.3. The monoisotopic (exact) mass is 455 g/mol. The third-order valence-corrected chi connectivity index (χ3v) is 8.84. The standard InChI is InChI=1S/C21H30NOS2.BrH/c1-14-10-24-12-19(14)21(23,20-13-25-11-15(20)2)9-16-7-17-5-6-18(8-16)22(17,3)4;/h10-13,16-18,23H,5-9H2,1-4H3;1H/q+1;/p-1/t16-,17+,18-;. The van der Waals surface area contributed by atoms with Crippen LogP contribution < -0.4 is 17.0 Å². The Balaban J connectivity index is 0.00000196. The van der Waals surface area contributed by atoms with Crippen molar-refractivity contribution < 1.29 is 26.6 Å². The fraction of sp³-hybridized carbons (Fsp3) is 0.619. The van der Waals surface area contributed by atoms with E-state index in [1.54, 1.807) is 22.7 Å². The molecule has 144 valence electrons. The van der Waals surface area contributed by atoms with Crippen molar-refractivity contribution in [2.45, 2.75) is 63.6 Å². The van der Waals surface area contributed by atoms with E-state index in [1.807, 2.05) is 0 Å². The number of hydrogen-bond donors (Lipinski definition) is 1. The first-order chi connectivity index (χ1) is 11.8. The molecular formula is C21H30BrNOS2. The van der Waals surface area contributed by atoms with Gasteiger partial charge in [0.2, 0.25) is 0 Å². The normalized spacial score (nSPS) is 27.3. The quantitative estimate of drug-likeness (QED) is 0.699. The van der Waals surface area contributed by atoms with Crippen LogP contribution in [0.5, 0.6) is 0 Å². The van der Waals surface area contributed by atoms with Crippen LogP contribution in [0.3, 0.4) is 0 Å². The second-order valence-corrected chi connectivity index (χ2v) is 10.3. The van der Waals surface area contributed by atoms with Gasteiger partial charge in [-0.05, 0) is 58.8 Å². The molecular weight excluding hydrogens is 426 g/mol. The maximum Gasteiger partial charge on any atom is 0.117 e. The predicted molar refractivity (Wildman–Crippen MR) is 107 cm³/mol. The lowest BCUT2D eigenvalue weighted by molar-refractivity contribution is -0.931. The van der Waals surface area contributed by atoms with Gasteiger partial charge in [0.25, 0.3) is 0 Å². The lowest BCUT2D eigenvalue weighted by atomic mass is 9.74. The Morgan fingerprint density at radius 2 is 1.42 bits per heavy atom. The number of aliphatic hydroxyl groups is 1. The smallest absolute Gasteiger partial charge is 0.117 e. The zero-order chi connectivity index (χ0) is 17.8. The Labute approximate surface area is 176 Å². The van der Waals surface area contributed by atoms with Gasteiger partial charge in [-0.25, -0.2) is 0 Å². The van der Waals surface area contributed by atoms with Gasteiger partial charge >= 0.3 is 0 Å². The average molecular weight is 457 g/mol. The van der Waals surface area contributed by atoms with Gasteiger partial charge in [0.15, 0.2) is 0 Å².